The fourth-order valence-electron chi connectivity index (χ4n) is 2.64. The quantitative estimate of drug-likeness (QED) is 0.628. The summed E-state index contributed by atoms with van der Waals surface area (Å²) in [6, 6.07) is 0. The van der Waals surface area contributed by atoms with Gasteiger partial charge in [-0.15, -0.1) is 0 Å². The van der Waals surface area contributed by atoms with E-state index in [0.717, 1.165) is 25.9 Å². The molecule has 0 N–H and O–H groups in total. The standard InChI is InChI=1S/C14H21ClN4O/c1-10-16-13(15)12(9-20)14(17-10)19(3)8-11-4-6-18(2)7-5-11/h9,11H,4-8H2,1-3H3. The molecule has 110 valence electrons. The lowest BCUT2D eigenvalue weighted by atomic mass is 9.96. The molecule has 0 spiro atoms. The van der Waals surface area contributed by atoms with Gasteiger partial charge in [-0.05, 0) is 45.8 Å². The van der Waals surface area contributed by atoms with Gasteiger partial charge in [-0.2, -0.15) is 0 Å². The van der Waals surface area contributed by atoms with Crippen LogP contribution >= 0.6 is 11.6 Å². The molecule has 0 radical (unpaired) electrons. The minimum absolute atomic E-state index is 0.234. The van der Waals surface area contributed by atoms with E-state index in [1.54, 1.807) is 6.92 Å². The predicted octanol–water partition coefficient (Wildman–Crippen LogP) is 2.03. The number of piperidine rings is 1. The van der Waals surface area contributed by atoms with E-state index in [-0.39, 0.29) is 5.15 Å². The van der Waals surface area contributed by atoms with Crippen LogP contribution in [0.2, 0.25) is 5.15 Å². The van der Waals surface area contributed by atoms with E-state index in [1.807, 2.05) is 11.9 Å². The number of anilines is 1. The lowest BCUT2D eigenvalue weighted by Crippen LogP contribution is -2.36. The zero-order chi connectivity index (χ0) is 14.7. The average Bonchev–Trinajstić information content (AvgIpc) is 2.40. The molecule has 0 saturated carbocycles. The molecule has 0 amide bonds. The van der Waals surface area contributed by atoms with Gasteiger partial charge >= 0.3 is 0 Å². The third-order valence-electron chi connectivity index (χ3n) is 3.84. The van der Waals surface area contributed by atoms with Crippen LogP contribution in [0.15, 0.2) is 0 Å². The number of rotatable bonds is 4. The van der Waals surface area contributed by atoms with Crippen LogP contribution in [-0.4, -0.2) is 54.9 Å². The molecule has 20 heavy (non-hydrogen) atoms. The van der Waals surface area contributed by atoms with Crippen LogP contribution < -0.4 is 4.90 Å². The number of hydrogen-bond donors (Lipinski definition) is 0. The Morgan fingerprint density at radius 3 is 2.65 bits per heavy atom. The van der Waals surface area contributed by atoms with Crippen molar-refractivity contribution in [2.45, 2.75) is 19.8 Å². The van der Waals surface area contributed by atoms with Crippen molar-refractivity contribution in [3.8, 4) is 0 Å². The van der Waals surface area contributed by atoms with Crippen LogP contribution in [0.1, 0.15) is 29.0 Å². The molecule has 0 aromatic carbocycles. The number of likely N-dealkylation sites (tertiary alicyclic amines) is 1. The van der Waals surface area contributed by atoms with Crippen molar-refractivity contribution < 1.29 is 4.79 Å². The van der Waals surface area contributed by atoms with E-state index in [9.17, 15) is 4.79 Å². The minimum atomic E-state index is 0.234. The Morgan fingerprint density at radius 1 is 1.40 bits per heavy atom. The highest BCUT2D eigenvalue weighted by Crippen LogP contribution is 2.24. The van der Waals surface area contributed by atoms with Gasteiger partial charge in [0.25, 0.3) is 0 Å². The molecular formula is C14H21ClN4O. The summed E-state index contributed by atoms with van der Waals surface area (Å²) in [5.41, 5.74) is 0.382. The van der Waals surface area contributed by atoms with Gasteiger partial charge in [0.2, 0.25) is 0 Å². The zero-order valence-corrected chi connectivity index (χ0v) is 13.0. The summed E-state index contributed by atoms with van der Waals surface area (Å²) >= 11 is 6.03. The number of hydrogen-bond acceptors (Lipinski definition) is 5. The molecule has 5 nitrogen and oxygen atoms in total. The lowest BCUT2D eigenvalue weighted by molar-refractivity contribution is 0.112. The third-order valence-corrected chi connectivity index (χ3v) is 4.13. The number of aryl methyl sites for hydroxylation is 1. The van der Waals surface area contributed by atoms with Crippen molar-refractivity contribution in [1.82, 2.24) is 14.9 Å². The van der Waals surface area contributed by atoms with Crippen LogP contribution in [0.5, 0.6) is 0 Å². The SMILES string of the molecule is Cc1nc(Cl)c(C=O)c(N(C)CC2CCN(C)CC2)n1. The number of carbonyl (C=O) groups excluding carboxylic acids is 1. The monoisotopic (exact) mass is 296 g/mol. The first-order valence-corrected chi connectivity index (χ1v) is 7.28. The Labute approximate surface area is 124 Å². The van der Waals surface area contributed by atoms with Gasteiger partial charge < -0.3 is 9.80 Å². The van der Waals surface area contributed by atoms with Crippen LogP contribution in [0, 0.1) is 12.8 Å². The largest absolute Gasteiger partial charge is 0.359 e. The second-order valence-electron chi connectivity index (χ2n) is 5.54. The molecule has 0 atom stereocenters. The maximum atomic E-state index is 11.2. The van der Waals surface area contributed by atoms with Crippen molar-refractivity contribution in [2.24, 2.45) is 5.92 Å². The van der Waals surface area contributed by atoms with Gasteiger partial charge in [0.05, 0.1) is 5.56 Å². The molecule has 0 unspecified atom stereocenters. The Morgan fingerprint density at radius 2 is 2.05 bits per heavy atom. The van der Waals surface area contributed by atoms with Gasteiger partial charge in [-0.25, -0.2) is 9.97 Å². The van der Waals surface area contributed by atoms with Gasteiger partial charge in [0.15, 0.2) is 6.29 Å². The molecular weight excluding hydrogens is 276 g/mol. The van der Waals surface area contributed by atoms with Crippen LogP contribution in [0.25, 0.3) is 0 Å². The van der Waals surface area contributed by atoms with Crippen LogP contribution in [0.3, 0.4) is 0 Å². The molecule has 1 saturated heterocycles. The first-order chi connectivity index (χ1) is 9.51. The summed E-state index contributed by atoms with van der Waals surface area (Å²) in [6.07, 6.45) is 3.09. The third kappa shape index (κ3) is 3.46. The normalized spacial score (nSPS) is 17.2. The maximum absolute atomic E-state index is 11.2. The number of aldehydes is 1. The molecule has 1 aromatic rings. The molecule has 2 rings (SSSR count). The highest BCUT2D eigenvalue weighted by molar-refractivity contribution is 6.32. The van der Waals surface area contributed by atoms with Crippen molar-refractivity contribution in [3.63, 3.8) is 0 Å². The summed E-state index contributed by atoms with van der Waals surface area (Å²) in [5, 5.41) is 0.234. The first-order valence-electron chi connectivity index (χ1n) is 6.90. The molecule has 1 aliphatic rings. The molecule has 2 heterocycles. The van der Waals surface area contributed by atoms with Gasteiger partial charge in [-0.1, -0.05) is 11.6 Å². The Bertz CT molecular complexity index is 486. The second-order valence-corrected chi connectivity index (χ2v) is 5.90. The van der Waals surface area contributed by atoms with Crippen LogP contribution in [0.4, 0.5) is 5.82 Å². The second kappa shape index (κ2) is 6.50. The Balaban J connectivity index is 2.12. The molecule has 0 aliphatic carbocycles. The van der Waals surface area contributed by atoms with E-state index in [0.29, 0.717) is 23.1 Å². The molecule has 6 heteroatoms. The van der Waals surface area contributed by atoms with Crippen LogP contribution in [-0.2, 0) is 0 Å². The number of nitrogens with zero attached hydrogens (tertiary/aromatic N) is 4. The summed E-state index contributed by atoms with van der Waals surface area (Å²) in [7, 11) is 4.11. The number of aromatic nitrogens is 2. The Kier molecular flexibility index (Phi) is 4.94. The minimum Gasteiger partial charge on any atom is -0.359 e. The highest BCUT2D eigenvalue weighted by Gasteiger charge is 2.21. The fourth-order valence-corrected chi connectivity index (χ4v) is 2.90. The highest BCUT2D eigenvalue weighted by atomic mass is 35.5. The van der Waals surface area contributed by atoms with E-state index < -0.39 is 0 Å². The zero-order valence-electron chi connectivity index (χ0n) is 12.3. The van der Waals surface area contributed by atoms with Crippen molar-refractivity contribution in [1.29, 1.82) is 0 Å². The molecule has 1 aliphatic heterocycles. The van der Waals surface area contributed by atoms with Crippen molar-refractivity contribution in [3.05, 3.63) is 16.5 Å². The smallest absolute Gasteiger partial charge is 0.156 e. The fraction of sp³-hybridized carbons (Fsp3) is 0.643. The molecule has 1 fully saturated rings. The van der Waals surface area contributed by atoms with Gasteiger partial charge in [0, 0.05) is 13.6 Å². The van der Waals surface area contributed by atoms with E-state index >= 15 is 0 Å². The van der Waals surface area contributed by atoms with E-state index in [4.69, 9.17) is 11.6 Å². The van der Waals surface area contributed by atoms with Gasteiger partial charge in [-0.3, -0.25) is 4.79 Å². The first kappa shape index (κ1) is 15.2. The topological polar surface area (TPSA) is 49.3 Å². The summed E-state index contributed by atoms with van der Waals surface area (Å²) in [5.74, 6) is 1.85. The summed E-state index contributed by atoms with van der Waals surface area (Å²) in [4.78, 5) is 24.0. The predicted molar refractivity (Wildman–Crippen MR) is 80.7 cm³/mol. The number of carbonyl (C=O) groups is 1. The average molecular weight is 297 g/mol. The molecule has 0 bridgehead atoms. The number of halogens is 1. The van der Waals surface area contributed by atoms with E-state index in [1.165, 1.54) is 12.8 Å². The van der Waals surface area contributed by atoms with Gasteiger partial charge in [0.1, 0.15) is 16.8 Å². The van der Waals surface area contributed by atoms with Crippen molar-refractivity contribution in [2.75, 3.05) is 38.6 Å². The molecule has 1 aromatic heterocycles. The Hall–Kier alpha value is -1.20. The lowest BCUT2D eigenvalue weighted by Gasteiger charge is -2.32. The van der Waals surface area contributed by atoms with E-state index in [2.05, 4.69) is 21.9 Å². The van der Waals surface area contributed by atoms with Crippen molar-refractivity contribution >= 4 is 23.7 Å². The summed E-state index contributed by atoms with van der Waals surface area (Å²) < 4.78 is 0. The summed E-state index contributed by atoms with van der Waals surface area (Å²) in [6.45, 7) is 4.93. The maximum Gasteiger partial charge on any atom is 0.156 e.